The van der Waals surface area contributed by atoms with Crippen LogP contribution in [0.4, 0.5) is 17.1 Å². The van der Waals surface area contributed by atoms with Gasteiger partial charge in [0, 0.05) is 51.6 Å². The van der Waals surface area contributed by atoms with Crippen molar-refractivity contribution < 1.29 is 0 Å². The average Bonchev–Trinajstić information content (AvgIpc) is 3.89. The standard InChI is InChI=1S/C59H54N2/c1-7-42-43-17-10-13-21-49(43)58-47(42)22-16-24-55(58)61(41-29-31-46-45-19-14-15-23-54(45)60(6)56(46)35-41)40-30-32-50-52(34-40)59(8-2,9-3)53-36-51(44-18-11-12-20-48(44)57(50)53)39-27-25-38(26-28-39)33-37(4)5/h10-32,34-37,42H,7-9,33H2,1-6H3. The van der Waals surface area contributed by atoms with E-state index in [9.17, 15) is 0 Å². The van der Waals surface area contributed by atoms with Crippen molar-refractivity contribution in [2.75, 3.05) is 4.90 Å². The first-order valence-corrected chi connectivity index (χ1v) is 22.6. The normalized spacial score (nSPS) is 14.8. The van der Waals surface area contributed by atoms with E-state index in [4.69, 9.17) is 0 Å². The van der Waals surface area contributed by atoms with Crippen molar-refractivity contribution in [1.82, 2.24) is 4.57 Å². The molecule has 0 saturated carbocycles. The molecule has 9 aromatic rings. The molecule has 0 amide bonds. The lowest BCUT2D eigenvalue weighted by atomic mass is 9.73. The quantitative estimate of drug-likeness (QED) is 0.141. The third-order valence-corrected chi connectivity index (χ3v) is 14.6. The first-order valence-electron chi connectivity index (χ1n) is 22.6. The lowest BCUT2D eigenvalue weighted by molar-refractivity contribution is 0.491. The molecule has 0 aliphatic heterocycles. The molecule has 2 aliphatic rings. The molecule has 0 saturated heterocycles. The summed E-state index contributed by atoms with van der Waals surface area (Å²) in [5.41, 5.74) is 21.3. The van der Waals surface area contributed by atoms with Gasteiger partial charge in [0.05, 0.1) is 11.2 Å². The van der Waals surface area contributed by atoms with Crippen molar-refractivity contribution in [2.24, 2.45) is 13.0 Å². The molecule has 1 heterocycles. The number of fused-ring (bicyclic) bond motifs is 11. The number of nitrogens with zero attached hydrogens (tertiary/aromatic N) is 2. The fourth-order valence-electron chi connectivity index (χ4n) is 11.7. The zero-order valence-corrected chi connectivity index (χ0v) is 36.4. The Hall–Kier alpha value is -6.38. The van der Waals surface area contributed by atoms with E-state index in [1.165, 1.54) is 111 Å². The number of para-hydroxylation sites is 1. The summed E-state index contributed by atoms with van der Waals surface area (Å²) >= 11 is 0. The van der Waals surface area contributed by atoms with Gasteiger partial charge in [-0.2, -0.15) is 0 Å². The Balaban J connectivity index is 1.15. The third kappa shape index (κ3) is 5.54. The lowest BCUT2D eigenvalue weighted by Gasteiger charge is -2.33. The van der Waals surface area contributed by atoms with Crippen LogP contribution in [0.2, 0.25) is 0 Å². The summed E-state index contributed by atoms with van der Waals surface area (Å²) in [6.07, 6.45) is 4.21. The summed E-state index contributed by atoms with van der Waals surface area (Å²) in [4.78, 5) is 2.58. The zero-order chi connectivity index (χ0) is 41.6. The molecule has 2 nitrogen and oxygen atoms in total. The van der Waals surface area contributed by atoms with E-state index in [0.717, 1.165) is 25.7 Å². The van der Waals surface area contributed by atoms with Gasteiger partial charge in [0.1, 0.15) is 0 Å². The van der Waals surface area contributed by atoms with Gasteiger partial charge in [-0.15, -0.1) is 0 Å². The highest BCUT2D eigenvalue weighted by atomic mass is 15.1. The summed E-state index contributed by atoms with van der Waals surface area (Å²) in [6, 6.07) is 60.6. The zero-order valence-electron chi connectivity index (χ0n) is 36.4. The molecule has 300 valence electrons. The van der Waals surface area contributed by atoms with Gasteiger partial charge >= 0.3 is 0 Å². The molecule has 0 fully saturated rings. The van der Waals surface area contributed by atoms with E-state index in [1.807, 2.05) is 0 Å². The van der Waals surface area contributed by atoms with E-state index in [1.54, 1.807) is 0 Å². The summed E-state index contributed by atoms with van der Waals surface area (Å²) in [5.74, 6) is 1.01. The van der Waals surface area contributed by atoms with Crippen LogP contribution < -0.4 is 4.90 Å². The van der Waals surface area contributed by atoms with Gasteiger partial charge in [0.2, 0.25) is 0 Å². The van der Waals surface area contributed by atoms with Crippen LogP contribution in [-0.2, 0) is 18.9 Å². The Labute approximate surface area is 361 Å². The minimum absolute atomic E-state index is 0.138. The minimum Gasteiger partial charge on any atom is -0.344 e. The number of hydrogen-bond donors (Lipinski definition) is 0. The molecule has 0 spiro atoms. The number of aromatic nitrogens is 1. The van der Waals surface area contributed by atoms with Gasteiger partial charge in [-0.3, -0.25) is 0 Å². The maximum Gasteiger partial charge on any atom is 0.0543 e. The van der Waals surface area contributed by atoms with Crippen LogP contribution in [0.3, 0.4) is 0 Å². The molecule has 1 aromatic heterocycles. The largest absolute Gasteiger partial charge is 0.344 e. The first kappa shape index (κ1) is 37.6. The second-order valence-corrected chi connectivity index (χ2v) is 18.1. The fourth-order valence-corrected chi connectivity index (χ4v) is 11.7. The number of aryl methyl sites for hydroxylation is 1. The fraction of sp³-hybridized carbons (Fsp3) is 0.220. The number of hydrogen-bond acceptors (Lipinski definition) is 1. The predicted octanol–water partition coefficient (Wildman–Crippen LogP) is 16.4. The van der Waals surface area contributed by atoms with Gasteiger partial charge in [0.25, 0.3) is 0 Å². The highest BCUT2D eigenvalue weighted by Crippen LogP contribution is 2.59. The van der Waals surface area contributed by atoms with Crippen molar-refractivity contribution >= 4 is 49.6 Å². The van der Waals surface area contributed by atoms with Crippen LogP contribution >= 0.6 is 0 Å². The van der Waals surface area contributed by atoms with Crippen LogP contribution in [-0.4, -0.2) is 4.57 Å². The van der Waals surface area contributed by atoms with Crippen molar-refractivity contribution in [3.8, 4) is 33.4 Å². The Morgan fingerprint density at radius 1 is 0.541 bits per heavy atom. The van der Waals surface area contributed by atoms with Gasteiger partial charge in [-0.1, -0.05) is 150 Å². The molecule has 1 atom stereocenters. The second kappa shape index (κ2) is 14.4. The molecule has 61 heavy (non-hydrogen) atoms. The van der Waals surface area contributed by atoms with Crippen LogP contribution in [0.25, 0.3) is 66.0 Å². The molecule has 11 rings (SSSR count). The number of rotatable bonds is 9. The van der Waals surface area contributed by atoms with Crippen LogP contribution in [0.5, 0.6) is 0 Å². The van der Waals surface area contributed by atoms with Gasteiger partial charge < -0.3 is 9.47 Å². The molecular formula is C59H54N2. The van der Waals surface area contributed by atoms with Gasteiger partial charge in [-0.25, -0.2) is 0 Å². The third-order valence-electron chi connectivity index (χ3n) is 14.6. The Bertz CT molecular complexity index is 3170. The second-order valence-electron chi connectivity index (χ2n) is 18.1. The Morgan fingerprint density at radius 3 is 1.98 bits per heavy atom. The molecule has 2 aliphatic carbocycles. The molecular weight excluding hydrogens is 737 g/mol. The summed E-state index contributed by atoms with van der Waals surface area (Å²) < 4.78 is 2.36. The van der Waals surface area contributed by atoms with Crippen molar-refractivity contribution in [3.05, 3.63) is 186 Å². The van der Waals surface area contributed by atoms with Crippen LogP contribution in [0.1, 0.15) is 87.6 Å². The van der Waals surface area contributed by atoms with E-state index in [2.05, 4.69) is 209 Å². The minimum atomic E-state index is -0.138. The van der Waals surface area contributed by atoms with E-state index in [-0.39, 0.29) is 5.41 Å². The molecule has 8 aromatic carbocycles. The maximum absolute atomic E-state index is 2.58. The van der Waals surface area contributed by atoms with Crippen molar-refractivity contribution in [2.45, 2.75) is 71.6 Å². The Kier molecular flexibility index (Phi) is 8.86. The maximum atomic E-state index is 2.58. The highest BCUT2D eigenvalue weighted by molar-refractivity contribution is 6.11. The summed E-state index contributed by atoms with van der Waals surface area (Å²) in [7, 11) is 2.21. The molecule has 0 radical (unpaired) electrons. The number of anilines is 3. The van der Waals surface area contributed by atoms with Gasteiger partial charge in [0.15, 0.2) is 0 Å². The van der Waals surface area contributed by atoms with Crippen molar-refractivity contribution in [3.63, 3.8) is 0 Å². The average molecular weight is 791 g/mol. The van der Waals surface area contributed by atoms with E-state index >= 15 is 0 Å². The molecule has 2 heteroatoms. The molecule has 0 bridgehead atoms. The lowest BCUT2D eigenvalue weighted by Crippen LogP contribution is -2.23. The SMILES string of the molecule is CCC1c2ccccc2-c2c1cccc2N(c1ccc2c(c1)C(CC)(CC)c1cc(-c3ccc(CC(C)C)cc3)c3ccccc3c1-2)c1ccc2c3ccccc3n(C)c2c1. The van der Waals surface area contributed by atoms with Crippen LogP contribution in [0, 0.1) is 5.92 Å². The summed E-state index contributed by atoms with van der Waals surface area (Å²) in [5, 5.41) is 5.25. The smallest absolute Gasteiger partial charge is 0.0543 e. The van der Waals surface area contributed by atoms with E-state index in [0.29, 0.717) is 11.8 Å². The topological polar surface area (TPSA) is 8.17 Å². The highest BCUT2D eigenvalue weighted by Gasteiger charge is 2.43. The Morgan fingerprint density at radius 2 is 1.21 bits per heavy atom. The summed E-state index contributed by atoms with van der Waals surface area (Å²) in [6.45, 7) is 11.7. The van der Waals surface area contributed by atoms with Gasteiger partial charge in [-0.05, 0) is 140 Å². The molecule has 1 unspecified atom stereocenters. The predicted molar refractivity (Wildman–Crippen MR) is 261 cm³/mol. The van der Waals surface area contributed by atoms with Crippen molar-refractivity contribution in [1.29, 1.82) is 0 Å². The molecule has 0 N–H and O–H groups in total. The monoisotopic (exact) mass is 790 g/mol. The first-order chi connectivity index (χ1) is 29.8. The van der Waals surface area contributed by atoms with E-state index < -0.39 is 0 Å². The van der Waals surface area contributed by atoms with Crippen LogP contribution in [0.15, 0.2) is 158 Å². The number of benzene rings is 8.